The lowest BCUT2D eigenvalue weighted by Crippen LogP contribution is -2.38. The molecule has 5 heteroatoms. The molecule has 0 bridgehead atoms. The second kappa shape index (κ2) is 10.7. The molecule has 2 rings (SSSR count). The summed E-state index contributed by atoms with van der Waals surface area (Å²) in [6.07, 6.45) is 2.84. The summed E-state index contributed by atoms with van der Waals surface area (Å²) in [5.74, 6) is 1.89. The van der Waals surface area contributed by atoms with Crippen molar-refractivity contribution >= 4 is 17.7 Å². The Morgan fingerprint density at radius 2 is 1.96 bits per heavy atom. The third kappa shape index (κ3) is 7.04. The number of thioether (sulfide) groups is 1. The molecule has 0 atom stereocenters. The lowest BCUT2D eigenvalue weighted by Gasteiger charge is -2.11. The van der Waals surface area contributed by atoms with Gasteiger partial charge in [-0.3, -0.25) is 9.98 Å². The molecule has 0 aliphatic rings. The van der Waals surface area contributed by atoms with Crippen molar-refractivity contribution in [2.24, 2.45) is 4.99 Å². The van der Waals surface area contributed by atoms with Gasteiger partial charge in [0, 0.05) is 42.2 Å². The minimum absolute atomic E-state index is 0.756. The fraction of sp³-hybridized carbons (Fsp3) is 0.368. The number of aromatic nitrogens is 1. The second-order valence-corrected chi connectivity index (χ2v) is 6.58. The number of rotatable bonds is 8. The van der Waals surface area contributed by atoms with E-state index in [0.717, 1.165) is 43.5 Å². The van der Waals surface area contributed by atoms with Crippen LogP contribution in [0.5, 0.6) is 0 Å². The standard InChI is InChI=1S/C19H26N4S/c1-3-20-19(21-12-11-17-10-9-16(2)23-15-17)22-13-14-24-18-7-5-4-6-8-18/h4-10,15H,3,11-14H2,1-2H3,(H2,20,21,22). The molecular formula is C19H26N4S. The van der Waals surface area contributed by atoms with E-state index in [0.29, 0.717) is 0 Å². The van der Waals surface area contributed by atoms with Crippen LogP contribution in [0.1, 0.15) is 18.2 Å². The van der Waals surface area contributed by atoms with E-state index in [1.807, 2.05) is 37.0 Å². The summed E-state index contributed by atoms with van der Waals surface area (Å²) < 4.78 is 0. The summed E-state index contributed by atoms with van der Waals surface area (Å²) in [5, 5.41) is 6.68. The van der Waals surface area contributed by atoms with Gasteiger partial charge < -0.3 is 10.6 Å². The largest absolute Gasteiger partial charge is 0.357 e. The fourth-order valence-electron chi connectivity index (χ4n) is 2.14. The van der Waals surface area contributed by atoms with E-state index in [2.05, 4.69) is 57.9 Å². The molecule has 1 aromatic carbocycles. The number of guanidine groups is 1. The van der Waals surface area contributed by atoms with E-state index in [1.165, 1.54) is 10.5 Å². The molecule has 0 aliphatic heterocycles. The Morgan fingerprint density at radius 3 is 2.67 bits per heavy atom. The van der Waals surface area contributed by atoms with Gasteiger partial charge >= 0.3 is 0 Å². The summed E-state index contributed by atoms with van der Waals surface area (Å²) in [4.78, 5) is 10.3. The molecule has 0 saturated heterocycles. The molecule has 4 nitrogen and oxygen atoms in total. The van der Waals surface area contributed by atoms with Crippen LogP contribution < -0.4 is 10.6 Å². The lowest BCUT2D eigenvalue weighted by atomic mass is 10.2. The number of nitrogens with zero attached hydrogens (tertiary/aromatic N) is 2. The van der Waals surface area contributed by atoms with Gasteiger partial charge in [0.1, 0.15) is 0 Å². The van der Waals surface area contributed by atoms with E-state index in [9.17, 15) is 0 Å². The molecule has 128 valence electrons. The quantitative estimate of drug-likeness (QED) is 0.334. The predicted molar refractivity (Wildman–Crippen MR) is 104 cm³/mol. The number of benzene rings is 1. The van der Waals surface area contributed by atoms with Gasteiger partial charge in [-0.05, 0) is 44.0 Å². The molecule has 0 fully saturated rings. The van der Waals surface area contributed by atoms with Gasteiger partial charge in [-0.1, -0.05) is 24.3 Å². The van der Waals surface area contributed by atoms with Crippen molar-refractivity contribution in [1.29, 1.82) is 0 Å². The number of aliphatic imine (C=N–C) groups is 1. The molecular weight excluding hydrogens is 316 g/mol. The van der Waals surface area contributed by atoms with Crippen LogP contribution in [0.3, 0.4) is 0 Å². The maximum absolute atomic E-state index is 4.63. The average molecular weight is 343 g/mol. The summed E-state index contributed by atoms with van der Waals surface area (Å²) in [7, 11) is 0. The molecule has 0 spiro atoms. The first-order valence-electron chi connectivity index (χ1n) is 8.39. The second-order valence-electron chi connectivity index (χ2n) is 5.41. The third-order valence-corrected chi connectivity index (χ3v) is 4.41. The molecule has 1 aromatic heterocycles. The zero-order chi connectivity index (χ0) is 17.0. The minimum atomic E-state index is 0.756. The van der Waals surface area contributed by atoms with Gasteiger partial charge in [-0.2, -0.15) is 0 Å². The van der Waals surface area contributed by atoms with Crippen LogP contribution in [0.4, 0.5) is 0 Å². The van der Waals surface area contributed by atoms with Crippen molar-refractivity contribution in [3.63, 3.8) is 0 Å². The average Bonchev–Trinajstić information content (AvgIpc) is 2.61. The van der Waals surface area contributed by atoms with E-state index in [-0.39, 0.29) is 0 Å². The first-order chi connectivity index (χ1) is 11.8. The van der Waals surface area contributed by atoms with Gasteiger partial charge in [-0.15, -0.1) is 11.8 Å². The first kappa shape index (κ1) is 18.3. The predicted octanol–water partition coefficient (Wildman–Crippen LogP) is 3.28. The molecule has 0 radical (unpaired) electrons. The fourth-order valence-corrected chi connectivity index (χ4v) is 2.93. The molecule has 0 unspecified atom stereocenters. The number of hydrogen-bond donors (Lipinski definition) is 2. The van der Waals surface area contributed by atoms with Gasteiger partial charge in [-0.25, -0.2) is 0 Å². The van der Waals surface area contributed by atoms with Gasteiger partial charge in [0.2, 0.25) is 0 Å². The highest BCUT2D eigenvalue weighted by molar-refractivity contribution is 7.99. The zero-order valence-corrected chi connectivity index (χ0v) is 15.3. The van der Waals surface area contributed by atoms with E-state index >= 15 is 0 Å². The minimum Gasteiger partial charge on any atom is -0.357 e. The number of pyridine rings is 1. The van der Waals surface area contributed by atoms with Crippen LogP contribution in [0.15, 0.2) is 58.5 Å². The Kier molecular flexibility index (Phi) is 8.18. The highest BCUT2D eigenvalue weighted by atomic mass is 32.2. The van der Waals surface area contributed by atoms with Gasteiger partial charge in [0.25, 0.3) is 0 Å². The topological polar surface area (TPSA) is 49.3 Å². The Morgan fingerprint density at radius 1 is 1.12 bits per heavy atom. The Labute approximate surface area is 149 Å². The smallest absolute Gasteiger partial charge is 0.191 e. The normalized spacial score (nSPS) is 11.3. The Bertz CT molecular complexity index is 611. The number of hydrogen-bond acceptors (Lipinski definition) is 3. The van der Waals surface area contributed by atoms with Crippen LogP contribution in [0, 0.1) is 6.92 Å². The number of aryl methyl sites for hydroxylation is 1. The van der Waals surface area contributed by atoms with Gasteiger partial charge in [0.05, 0.1) is 0 Å². The summed E-state index contributed by atoms with van der Waals surface area (Å²) in [6, 6.07) is 14.6. The van der Waals surface area contributed by atoms with Crippen LogP contribution in [0.25, 0.3) is 0 Å². The van der Waals surface area contributed by atoms with Crippen molar-refractivity contribution < 1.29 is 0 Å². The van der Waals surface area contributed by atoms with Crippen molar-refractivity contribution in [3.05, 3.63) is 59.9 Å². The molecule has 24 heavy (non-hydrogen) atoms. The van der Waals surface area contributed by atoms with E-state index in [1.54, 1.807) is 0 Å². The van der Waals surface area contributed by atoms with Crippen LogP contribution >= 0.6 is 11.8 Å². The SMILES string of the molecule is CCNC(=NCCc1ccc(C)nc1)NCCSc1ccccc1. The summed E-state index contributed by atoms with van der Waals surface area (Å²) >= 11 is 1.85. The lowest BCUT2D eigenvalue weighted by molar-refractivity contribution is 0.835. The molecule has 0 saturated carbocycles. The van der Waals surface area contributed by atoms with Crippen molar-refractivity contribution in [1.82, 2.24) is 15.6 Å². The Balaban J connectivity index is 1.72. The maximum atomic E-state index is 4.63. The maximum Gasteiger partial charge on any atom is 0.191 e. The molecule has 2 N–H and O–H groups in total. The van der Waals surface area contributed by atoms with E-state index < -0.39 is 0 Å². The van der Waals surface area contributed by atoms with Crippen molar-refractivity contribution in [2.75, 3.05) is 25.4 Å². The van der Waals surface area contributed by atoms with Crippen LogP contribution in [-0.4, -0.2) is 36.3 Å². The summed E-state index contributed by atoms with van der Waals surface area (Å²) in [6.45, 7) is 6.59. The molecule has 1 heterocycles. The van der Waals surface area contributed by atoms with Crippen molar-refractivity contribution in [2.45, 2.75) is 25.2 Å². The van der Waals surface area contributed by atoms with Crippen molar-refractivity contribution in [3.8, 4) is 0 Å². The molecule has 0 aliphatic carbocycles. The zero-order valence-electron chi connectivity index (χ0n) is 14.5. The highest BCUT2D eigenvalue weighted by Gasteiger charge is 1.98. The van der Waals surface area contributed by atoms with Gasteiger partial charge in [0.15, 0.2) is 5.96 Å². The molecule has 2 aromatic rings. The Hall–Kier alpha value is -2.01. The van der Waals surface area contributed by atoms with Crippen LogP contribution in [-0.2, 0) is 6.42 Å². The van der Waals surface area contributed by atoms with E-state index in [4.69, 9.17) is 0 Å². The first-order valence-corrected chi connectivity index (χ1v) is 9.38. The number of nitrogens with one attached hydrogen (secondary N) is 2. The summed E-state index contributed by atoms with van der Waals surface area (Å²) in [5.41, 5.74) is 2.27. The van der Waals surface area contributed by atoms with Crippen LogP contribution in [0.2, 0.25) is 0 Å². The third-order valence-electron chi connectivity index (χ3n) is 3.39. The highest BCUT2D eigenvalue weighted by Crippen LogP contribution is 2.15. The molecule has 0 amide bonds. The monoisotopic (exact) mass is 342 g/mol.